The van der Waals surface area contributed by atoms with Crippen molar-refractivity contribution < 1.29 is 0 Å². The van der Waals surface area contributed by atoms with Crippen molar-refractivity contribution in [3.8, 4) is 0 Å². The van der Waals surface area contributed by atoms with E-state index in [2.05, 4.69) is 45.1 Å². The molecule has 0 saturated heterocycles. The molecule has 1 atom stereocenters. The Morgan fingerprint density at radius 3 is 2.79 bits per heavy atom. The quantitative estimate of drug-likeness (QED) is 0.844. The van der Waals surface area contributed by atoms with Gasteiger partial charge in [0, 0.05) is 6.04 Å². The Kier molecular flexibility index (Phi) is 2.43. The van der Waals surface area contributed by atoms with Gasteiger partial charge in [-0.25, -0.2) is 9.97 Å². The molecule has 0 amide bonds. The van der Waals surface area contributed by atoms with Gasteiger partial charge in [-0.3, -0.25) is 0 Å². The third-order valence-corrected chi connectivity index (χ3v) is 3.84. The van der Waals surface area contributed by atoms with Gasteiger partial charge in [-0.2, -0.15) is 0 Å². The van der Waals surface area contributed by atoms with Gasteiger partial charge >= 0.3 is 0 Å². The number of nitrogens with one attached hydrogen (secondary N) is 1. The van der Waals surface area contributed by atoms with E-state index in [0.717, 1.165) is 10.3 Å². The Bertz CT molecular complexity index is 367. The first-order valence-corrected chi connectivity index (χ1v) is 5.60. The summed E-state index contributed by atoms with van der Waals surface area (Å²) in [6, 6.07) is 0.491. The Morgan fingerprint density at radius 1 is 1.57 bits per heavy atom. The predicted molar refractivity (Wildman–Crippen MR) is 60.6 cm³/mol. The van der Waals surface area contributed by atoms with Crippen LogP contribution < -0.4 is 5.32 Å². The Labute approximate surface area is 96.4 Å². The normalized spacial score (nSPS) is 23.3. The van der Waals surface area contributed by atoms with Crippen molar-refractivity contribution in [1.29, 1.82) is 0 Å². The van der Waals surface area contributed by atoms with Crippen molar-refractivity contribution in [3.05, 3.63) is 16.0 Å². The Hall–Kier alpha value is -0.350. The molecular formula is C9H11BrClN3. The molecule has 1 fully saturated rings. The highest BCUT2D eigenvalue weighted by atomic mass is 79.9. The lowest BCUT2D eigenvalue weighted by atomic mass is 10.2. The second kappa shape index (κ2) is 3.35. The molecule has 3 nitrogen and oxygen atoms in total. The Balaban J connectivity index is 2.14. The van der Waals surface area contributed by atoms with Crippen molar-refractivity contribution in [1.82, 2.24) is 9.97 Å². The van der Waals surface area contributed by atoms with Crippen LogP contribution in [0.25, 0.3) is 0 Å². The summed E-state index contributed by atoms with van der Waals surface area (Å²) in [6.45, 7) is 4.45. The van der Waals surface area contributed by atoms with E-state index in [4.69, 9.17) is 11.6 Å². The highest BCUT2D eigenvalue weighted by Gasteiger charge is 2.46. The second-order valence-corrected chi connectivity index (χ2v) is 5.37. The van der Waals surface area contributed by atoms with Crippen LogP contribution in [0, 0.1) is 5.41 Å². The largest absolute Gasteiger partial charge is 0.366 e. The molecule has 1 aliphatic rings. The standard InChI is InChI=1S/C9H11BrClN3/c1-9(2)3-5(9)14-8-6(10)7(11)12-4-13-8/h4-5H,3H2,1-2H3,(H,12,13,14). The minimum absolute atomic E-state index is 0.372. The van der Waals surface area contributed by atoms with E-state index in [-0.39, 0.29) is 0 Å². The van der Waals surface area contributed by atoms with Gasteiger partial charge in [-0.05, 0) is 27.8 Å². The first kappa shape index (κ1) is 10.2. The van der Waals surface area contributed by atoms with E-state index in [1.165, 1.54) is 12.7 Å². The molecule has 1 saturated carbocycles. The van der Waals surface area contributed by atoms with E-state index >= 15 is 0 Å². The lowest BCUT2D eigenvalue weighted by Crippen LogP contribution is -2.10. The first-order chi connectivity index (χ1) is 6.50. The van der Waals surface area contributed by atoms with Crippen LogP contribution in [0.5, 0.6) is 0 Å². The summed E-state index contributed by atoms with van der Waals surface area (Å²) in [5, 5.41) is 3.78. The van der Waals surface area contributed by atoms with Crippen LogP contribution >= 0.6 is 27.5 Å². The van der Waals surface area contributed by atoms with Crippen LogP contribution in [0.2, 0.25) is 5.15 Å². The fraction of sp³-hybridized carbons (Fsp3) is 0.556. The summed E-state index contributed by atoms with van der Waals surface area (Å²) in [4.78, 5) is 8.00. The molecule has 2 rings (SSSR count). The summed E-state index contributed by atoms with van der Waals surface area (Å²) in [5.74, 6) is 0.778. The fourth-order valence-electron chi connectivity index (χ4n) is 1.33. The average molecular weight is 277 g/mol. The van der Waals surface area contributed by atoms with Gasteiger partial charge in [0.2, 0.25) is 0 Å². The number of aromatic nitrogens is 2. The smallest absolute Gasteiger partial charge is 0.148 e. The summed E-state index contributed by atoms with van der Waals surface area (Å²) in [5.41, 5.74) is 0.372. The van der Waals surface area contributed by atoms with Gasteiger partial charge in [0.15, 0.2) is 0 Å². The van der Waals surface area contributed by atoms with E-state index in [9.17, 15) is 0 Å². The average Bonchev–Trinajstić information content (AvgIpc) is 2.68. The van der Waals surface area contributed by atoms with E-state index < -0.39 is 0 Å². The predicted octanol–water partition coefficient (Wildman–Crippen LogP) is 3.10. The second-order valence-electron chi connectivity index (χ2n) is 4.22. The summed E-state index contributed by atoms with van der Waals surface area (Å²) in [7, 11) is 0. The first-order valence-electron chi connectivity index (χ1n) is 4.43. The molecule has 1 aromatic rings. The molecule has 5 heteroatoms. The third kappa shape index (κ3) is 1.86. The molecule has 76 valence electrons. The van der Waals surface area contributed by atoms with Gasteiger partial charge in [-0.1, -0.05) is 25.4 Å². The molecule has 1 heterocycles. The molecule has 0 aliphatic heterocycles. The molecular weight excluding hydrogens is 265 g/mol. The maximum absolute atomic E-state index is 5.85. The van der Waals surface area contributed by atoms with Crippen LogP contribution in [0.1, 0.15) is 20.3 Å². The van der Waals surface area contributed by atoms with E-state index in [0.29, 0.717) is 16.6 Å². The van der Waals surface area contributed by atoms with Gasteiger partial charge in [0.25, 0.3) is 0 Å². The molecule has 0 aromatic carbocycles. The van der Waals surface area contributed by atoms with E-state index in [1.807, 2.05) is 0 Å². The molecule has 0 bridgehead atoms. The van der Waals surface area contributed by atoms with E-state index in [1.54, 1.807) is 0 Å². The van der Waals surface area contributed by atoms with Crippen molar-refractivity contribution in [2.45, 2.75) is 26.3 Å². The number of hydrogen-bond donors (Lipinski definition) is 1. The fourth-order valence-corrected chi connectivity index (χ4v) is 1.78. The topological polar surface area (TPSA) is 37.8 Å². The lowest BCUT2D eigenvalue weighted by molar-refractivity contribution is 0.629. The van der Waals surface area contributed by atoms with Crippen molar-refractivity contribution >= 4 is 33.3 Å². The van der Waals surface area contributed by atoms with Crippen LogP contribution in [0.4, 0.5) is 5.82 Å². The highest BCUT2D eigenvalue weighted by Crippen LogP contribution is 2.47. The molecule has 1 aliphatic carbocycles. The minimum atomic E-state index is 0.372. The SMILES string of the molecule is CC1(C)CC1Nc1ncnc(Cl)c1Br. The molecule has 0 spiro atoms. The molecule has 1 unspecified atom stereocenters. The summed E-state index contributed by atoms with van der Waals surface area (Å²) in [6.07, 6.45) is 2.63. The van der Waals surface area contributed by atoms with Crippen molar-refractivity contribution in [2.24, 2.45) is 5.41 Å². The van der Waals surface area contributed by atoms with Crippen LogP contribution in [0.15, 0.2) is 10.8 Å². The highest BCUT2D eigenvalue weighted by molar-refractivity contribution is 9.10. The third-order valence-electron chi connectivity index (χ3n) is 2.57. The zero-order valence-corrected chi connectivity index (χ0v) is 10.4. The zero-order valence-electron chi connectivity index (χ0n) is 8.01. The van der Waals surface area contributed by atoms with Gasteiger partial charge < -0.3 is 5.32 Å². The van der Waals surface area contributed by atoms with Gasteiger partial charge in [0.1, 0.15) is 17.3 Å². The maximum Gasteiger partial charge on any atom is 0.148 e. The van der Waals surface area contributed by atoms with Gasteiger partial charge in [-0.15, -0.1) is 0 Å². The molecule has 0 radical (unpaired) electrons. The zero-order chi connectivity index (χ0) is 10.3. The van der Waals surface area contributed by atoms with Crippen molar-refractivity contribution in [2.75, 3.05) is 5.32 Å². The molecule has 1 N–H and O–H groups in total. The number of nitrogens with zero attached hydrogens (tertiary/aromatic N) is 2. The molecule has 14 heavy (non-hydrogen) atoms. The number of rotatable bonds is 2. The summed E-state index contributed by atoms with van der Waals surface area (Å²) >= 11 is 9.21. The number of halogens is 2. The number of anilines is 1. The van der Waals surface area contributed by atoms with Crippen LogP contribution in [0.3, 0.4) is 0 Å². The summed E-state index contributed by atoms with van der Waals surface area (Å²) < 4.78 is 0.740. The Morgan fingerprint density at radius 2 is 2.21 bits per heavy atom. The van der Waals surface area contributed by atoms with Gasteiger partial charge in [0.05, 0.1) is 4.47 Å². The number of hydrogen-bond acceptors (Lipinski definition) is 3. The lowest BCUT2D eigenvalue weighted by Gasteiger charge is -2.08. The van der Waals surface area contributed by atoms with Crippen LogP contribution in [-0.2, 0) is 0 Å². The minimum Gasteiger partial charge on any atom is -0.366 e. The monoisotopic (exact) mass is 275 g/mol. The molecule has 1 aromatic heterocycles. The maximum atomic E-state index is 5.85. The van der Waals surface area contributed by atoms with Crippen molar-refractivity contribution in [3.63, 3.8) is 0 Å². The van der Waals surface area contributed by atoms with Crippen LogP contribution in [-0.4, -0.2) is 16.0 Å².